The minimum atomic E-state index is -2.62. The van der Waals surface area contributed by atoms with Crippen LogP contribution in [0.5, 0.6) is 0 Å². The smallest absolute Gasteiger partial charge is 0.261 e. The van der Waals surface area contributed by atoms with Gasteiger partial charge in [-0.2, -0.15) is 0 Å². The van der Waals surface area contributed by atoms with Crippen LogP contribution in [0.3, 0.4) is 0 Å². The molecule has 5 atom stereocenters. The number of aliphatic hydroxyl groups is 1. The zero-order valence-electron chi connectivity index (χ0n) is 22.5. The molecule has 2 aliphatic rings. The Kier molecular flexibility index (Phi) is 8.70. The fourth-order valence-electron chi connectivity index (χ4n) is 6.76. The van der Waals surface area contributed by atoms with Crippen LogP contribution in [0.25, 0.3) is 0 Å². The summed E-state index contributed by atoms with van der Waals surface area (Å²) in [7, 11) is -2.62. The molecule has 0 heterocycles. The van der Waals surface area contributed by atoms with Crippen molar-refractivity contribution in [1.29, 1.82) is 0 Å². The molecule has 0 saturated heterocycles. The molecule has 4 rings (SSSR count). The Hall–Kier alpha value is -2.01. The summed E-state index contributed by atoms with van der Waals surface area (Å²) >= 11 is 0. The summed E-state index contributed by atoms with van der Waals surface area (Å²) in [6, 6.07) is 21.6. The first-order valence-electron chi connectivity index (χ1n) is 13.9. The van der Waals surface area contributed by atoms with Crippen LogP contribution in [-0.4, -0.2) is 31.4 Å². The van der Waals surface area contributed by atoms with Gasteiger partial charge in [-0.05, 0) is 52.9 Å². The maximum absolute atomic E-state index is 12.9. The number of benzene rings is 2. The summed E-state index contributed by atoms with van der Waals surface area (Å²) in [5.41, 5.74) is 0. The van der Waals surface area contributed by atoms with Crippen LogP contribution >= 0.6 is 0 Å². The van der Waals surface area contributed by atoms with E-state index in [0.717, 1.165) is 25.7 Å². The summed E-state index contributed by atoms with van der Waals surface area (Å²) in [4.78, 5) is 12.9. The lowest BCUT2D eigenvalue weighted by Crippen LogP contribution is -2.67. The monoisotopic (exact) mass is 504 g/mol. The van der Waals surface area contributed by atoms with Gasteiger partial charge in [0.15, 0.2) is 0 Å². The van der Waals surface area contributed by atoms with Gasteiger partial charge in [0, 0.05) is 12.5 Å². The van der Waals surface area contributed by atoms with Crippen molar-refractivity contribution < 1.29 is 14.3 Å². The second kappa shape index (κ2) is 11.6. The first-order valence-corrected chi connectivity index (χ1v) is 15.8. The lowest BCUT2D eigenvalue weighted by molar-refractivity contribution is -0.124. The lowest BCUT2D eigenvalue weighted by Gasteiger charge is -2.45. The van der Waals surface area contributed by atoms with E-state index in [-0.39, 0.29) is 28.8 Å². The molecular formula is C32H44O3Si. The third-order valence-electron chi connectivity index (χ3n) is 8.44. The van der Waals surface area contributed by atoms with Crippen molar-refractivity contribution in [3.05, 3.63) is 72.8 Å². The molecule has 3 nitrogen and oxygen atoms in total. The Morgan fingerprint density at radius 1 is 1.00 bits per heavy atom. The van der Waals surface area contributed by atoms with Gasteiger partial charge in [-0.1, -0.05) is 113 Å². The fraction of sp³-hybridized carbons (Fsp3) is 0.531. The average Bonchev–Trinajstić information content (AvgIpc) is 3.38. The molecular weight excluding hydrogens is 460 g/mol. The van der Waals surface area contributed by atoms with Crippen molar-refractivity contribution >= 4 is 24.5 Å². The van der Waals surface area contributed by atoms with Crippen molar-refractivity contribution in [2.45, 2.75) is 89.9 Å². The predicted molar refractivity (Wildman–Crippen MR) is 151 cm³/mol. The highest BCUT2D eigenvalue weighted by molar-refractivity contribution is 6.99. The van der Waals surface area contributed by atoms with Crippen molar-refractivity contribution in [3.8, 4) is 0 Å². The van der Waals surface area contributed by atoms with E-state index in [1.165, 1.54) is 23.2 Å². The van der Waals surface area contributed by atoms with Gasteiger partial charge in [-0.3, -0.25) is 4.79 Å². The van der Waals surface area contributed by atoms with E-state index in [1.807, 2.05) is 6.08 Å². The molecule has 2 fully saturated rings. The summed E-state index contributed by atoms with van der Waals surface area (Å²) < 4.78 is 7.39. The first-order chi connectivity index (χ1) is 17.3. The Bertz CT molecular complexity index is 971. The van der Waals surface area contributed by atoms with Crippen LogP contribution < -0.4 is 10.4 Å². The molecule has 4 heteroatoms. The maximum atomic E-state index is 12.9. The fourth-order valence-corrected chi connectivity index (χ4v) is 11.5. The Balaban J connectivity index is 1.58. The summed E-state index contributed by atoms with van der Waals surface area (Å²) in [5, 5.41) is 13.5. The molecule has 0 amide bonds. The van der Waals surface area contributed by atoms with Gasteiger partial charge in [0.25, 0.3) is 8.32 Å². The van der Waals surface area contributed by atoms with E-state index in [1.54, 1.807) is 0 Å². The van der Waals surface area contributed by atoms with E-state index in [9.17, 15) is 9.90 Å². The molecule has 2 saturated carbocycles. The molecule has 2 aromatic carbocycles. The summed E-state index contributed by atoms with van der Waals surface area (Å²) in [5.74, 6) is 0.467. The van der Waals surface area contributed by atoms with Crippen LogP contribution in [-0.2, 0) is 9.22 Å². The van der Waals surface area contributed by atoms with Gasteiger partial charge in [0.05, 0.1) is 12.0 Å². The van der Waals surface area contributed by atoms with Crippen molar-refractivity contribution in [2.24, 2.45) is 17.8 Å². The lowest BCUT2D eigenvalue weighted by atomic mass is 9.87. The average molecular weight is 505 g/mol. The normalized spacial score (nSPS) is 25.4. The zero-order chi connectivity index (χ0) is 25.8. The highest BCUT2D eigenvalue weighted by Crippen LogP contribution is 2.50. The van der Waals surface area contributed by atoms with Gasteiger partial charge in [0.2, 0.25) is 0 Å². The van der Waals surface area contributed by atoms with Crippen LogP contribution in [0, 0.1) is 17.8 Å². The second-order valence-corrected chi connectivity index (χ2v) is 16.2. The van der Waals surface area contributed by atoms with E-state index in [2.05, 4.69) is 94.4 Å². The number of unbranched alkanes of at least 4 members (excludes halogenated alkanes) is 3. The van der Waals surface area contributed by atoms with Crippen molar-refractivity contribution in [1.82, 2.24) is 0 Å². The molecule has 0 bridgehead atoms. The van der Waals surface area contributed by atoms with Crippen molar-refractivity contribution in [2.75, 3.05) is 0 Å². The molecule has 194 valence electrons. The number of allylic oxidation sites excluding steroid dienone is 1. The third kappa shape index (κ3) is 5.46. The van der Waals surface area contributed by atoms with Gasteiger partial charge >= 0.3 is 0 Å². The molecule has 36 heavy (non-hydrogen) atoms. The molecule has 2 aliphatic carbocycles. The predicted octanol–water partition coefficient (Wildman–Crippen LogP) is 6.04. The minimum absolute atomic E-state index is 0.0661. The highest BCUT2D eigenvalue weighted by atomic mass is 28.4. The quantitative estimate of drug-likeness (QED) is 0.244. The number of rotatable bonds is 10. The SMILES string of the molecule is CCCCC/C=C/[C@@H](O)[C@H]1C(=O)C[C@@H]2C[C@H](O[Si](c3ccccc3)(c3ccccc3)C(C)(C)C)C[C@@H]21. The Morgan fingerprint density at radius 2 is 1.61 bits per heavy atom. The topological polar surface area (TPSA) is 46.5 Å². The molecule has 1 N–H and O–H groups in total. The third-order valence-corrected chi connectivity index (χ3v) is 13.5. The highest BCUT2D eigenvalue weighted by Gasteiger charge is 2.55. The zero-order valence-corrected chi connectivity index (χ0v) is 23.5. The van der Waals surface area contributed by atoms with Crippen LogP contribution in [0.2, 0.25) is 5.04 Å². The van der Waals surface area contributed by atoms with Crippen LogP contribution in [0.1, 0.15) is 72.6 Å². The number of fused-ring (bicyclic) bond motifs is 1. The van der Waals surface area contributed by atoms with E-state index >= 15 is 0 Å². The Labute approximate surface area is 219 Å². The molecule has 0 aliphatic heterocycles. The largest absolute Gasteiger partial charge is 0.404 e. The van der Waals surface area contributed by atoms with Gasteiger partial charge in [0.1, 0.15) is 5.78 Å². The molecule has 0 spiro atoms. The van der Waals surface area contributed by atoms with E-state index in [4.69, 9.17) is 4.43 Å². The Morgan fingerprint density at radius 3 is 2.17 bits per heavy atom. The van der Waals surface area contributed by atoms with E-state index < -0.39 is 14.4 Å². The number of Topliss-reactive ketones (excluding diaryl/α,β-unsaturated/α-hetero) is 1. The standard InChI is InChI=1S/C32H44O3Si/c1-5-6-7-8-15-20-29(33)31-28-23-25(21-24(28)22-30(31)34)35-36(32(2,3)4,26-16-11-9-12-17-26)27-18-13-10-14-19-27/h9-20,24-25,28-29,31,33H,5-8,21-23H2,1-4H3/b20-15+/t24-,25-,28-,29+,31-/m0/s1. The maximum Gasteiger partial charge on any atom is 0.261 e. The summed E-state index contributed by atoms with van der Waals surface area (Å²) in [6.45, 7) is 9.14. The number of hydrogen-bond donors (Lipinski definition) is 1. The van der Waals surface area contributed by atoms with Crippen LogP contribution in [0.4, 0.5) is 0 Å². The second-order valence-electron chi connectivity index (χ2n) is 11.9. The molecule has 0 radical (unpaired) electrons. The van der Waals surface area contributed by atoms with Gasteiger partial charge < -0.3 is 9.53 Å². The number of ketones is 1. The number of carbonyl (C=O) groups is 1. The van der Waals surface area contributed by atoms with Gasteiger partial charge in [-0.15, -0.1) is 0 Å². The number of hydrogen-bond acceptors (Lipinski definition) is 3. The van der Waals surface area contributed by atoms with Gasteiger partial charge in [-0.25, -0.2) is 0 Å². The van der Waals surface area contributed by atoms with Crippen molar-refractivity contribution in [3.63, 3.8) is 0 Å². The van der Waals surface area contributed by atoms with Crippen LogP contribution in [0.15, 0.2) is 72.8 Å². The molecule has 0 aromatic heterocycles. The number of aliphatic hydroxyl groups excluding tert-OH is 1. The summed E-state index contributed by atoms with van der Waals surface area (Å²) in [6.07, 6.45) is 10.2. The molecule has 0 unspecified atom stereocenters. The molecule has 2 aromatic rings. The number of carbonyl (C=O) groups excluding carboxylic acids is 1. The van der Waals surface area contributed by atoms with E-state index in [0.29, 0.717) is 12.3 Å². The first kappa shape index (κ1) is 27.0. The minimum Gasteiger partial charge on any atom is -0.404 e.